The topological polar surface area (TPSA) is 107 Å². The molecule has 0 spiro atoms. The monoisotopic (exact) mass is 475 g/mol. The first kappa shape index (κ1) is 24.0. The number of aromatic nitrogens is 2. The van der Waals surface area contributed by atoms with Gasteiger partial charge in [-0.1, -0.05) is 18.2 Å². The molecule has 12 heteroatoms. The highest BCUT2D eigenvalue weighted by Crippen LogP contribution is 2.40. The number of nitrogens with zero attached hydrogens (tertiary/aromatic N) is 2. The molecule has 1 amide bonds. The minimum absolute atomic E-state index is 0.153. The summed E-state index contributed by atoms with van der Waals surface area (Å²) in [5.74, 6) is 0.0391. The van der Waals surface area contributed by atoms with Crippen molar-refractivity contribution in [3.05, 3.63) is 53.3 Å². The minimum atomic E-state index is -4.66. The van der Waals surface area contributed by atoms with Gasteiger partial charge >= 0.3 is 6.36 Å². The molecule has 32 heavy (non-hydrogen) atoms. The van der Waals surface area contributed by atoms with E-state index in [1.165, 1.54) is 0 Å². The molecule has 1 saturated carbocycles. The number of rotatable bonds is 10. The van der Waals surface area contributed by atoms with Gasteiger partial charge in [0.25, 0.3) is 5.91 Å². The van der Waals surface area contributed by atoms with E-state index < -0.39 is 31.1 Å². The maximum absolute atomic E-state index is 12.3. The first-order valence-electron chi connectivity index (χ1n) is 9.71. The van der Waals surface area contributed by atoms with E-state index in [9.17, 15) is 23.1 Å². The molecule has 1 aliphatic rings. The van der Waals surface area contributed by atoms with Gasteiger partial charge in [0.05, 0.1) is 12.7 Å². The molecule has 0 unspecified atom stereocenters. The van der Waals surface area contributed by atoms with Crippen molar-refractivity contribution < 1.29 is 37.0 Å². The van der Waals surface area contributed by atoms with E-state index in [1.54, 1.807) is 24.3 Å². The number of carbonyl (C=O) groups excluding carboxylic acids is 1. The molecule has 1 atom stereocenters. The van der Waals surface area contributed by atoms with Gasteiger partial charge in [0.15, 0.2) is 6.10 Å². The van der Waals surface area contributed by atoms with Crippen molar-refractivity contribution in [1.29, 1.82) is 0 Å². The highest BCUT2D eigenvalue weighted by atomic mass is 35.5. The number of amides is 1. The number of halogens is 4. The lowest BCUT2D eigenvalue weighted by Gasteiger charge is -2.32. The van der Waals surface area contributed by atoms with Gasteiger partial charge < -0.3 is 19.6 Å². The lowest BCUT2D eigenvalue weighted by molar-refractivity contribution is -0.352. The van der Waals surface area contributed by atoms with E-state index in [0.717, 1.165) is 0 Å². The Bertz CT molecular complexity index is 929. The van der Waals surface area contributed by atoms with Crippen LogP contribution in [0.3, 0.4) is 0 Å². The molecule has 1 fully saturated rings. The van der Waals surface area contributed by atoms with Crippen LogP contribution in [-0.2, 0) is 16.0 Å². The number of aryl methyl sites for hydroxylation is 1. The average Bonchev–Trinajstić information content (AvgIpc) is 3.16. The second-order valence-corrected chi connectivity index (χ2v) is 7.66. The molecular weight excluding hydrogens is 455 g/mol. The van der Waals surface area contributed by atoms with E-state index in [2.05, 4.69) is 26.8 Å². The van der Waals surface area contributed by atoms with Gasteiger partial charge in [0.1, 0.15) is 5.75 Å². The summed E-state index contributed by atoms with van der Waals surface area (Å²) in [5, 5.41) is 20.3. The predicted octanol–water partition coefficient (Wildman–Crippen LogP) is 3.51. The quantitative estimate of drug-likeness (QED) is 0.541. The van der Waals surface area contributed by atoms with Crippen molar-refractivity contribution >= 4 is 17.5 Å². The fraction of sp³-hybridized carbons (Fsp3) is 0.450. The molecule has 1 aliphatic carbocycles. The molecular formula is C20H21ClF3N3O5. The van der Waals surface area contributed by atoms with Crippen LogP contribution in [0.5, 0.6) is 5.75 Å². The van der Waals surface area contributed by atoms with Crippen LogP contribution < -0.4 is 10.1 Å². The number of nitrogens with one attached hydrogen (secondary N) is 1. The average molecular weight is 476 g/mol. The van der Waals surface area contributed by atoms with Crippen molar-refractivity contribution in [2.24, 2.45) is 0 Å². The third-order valence-corrected chi connectivity index (χ3v) is 4.97. The van der Waals surface area contributed by atoms with Gasteiger partial charge in [-0.2, -0.15) is 0 Å². The summed E-state index contributed by atoms with van der Waals surface area (Å²) < 4.78 is 51.4. The molecule has 3 rings (SSSR count). The summed E-state index contributed by atoms with van der Waals surface area (Å²) >= 11 is 5.80. The van der Waals surface area contributed by atoms with Crippen LogP contribution >= 0.6 is 11.6 Å². The maximum atomic E-state index is 12.3. The Morgan fingerprint density at radius 3 is 2.62 bits per heavy atom. The number of aliphatic hydroxyl groups excluding tert-OH is 1. The van der Waals surface area contributed by atoms with Crippen molar-refractivity contribution in [3.63, 3.8) is 0 Å². The zero-order chi connectivity index (χ0) is 23.3. The van der Waals surface area contributed by atoms with Gasteiger partial charge in [-0.25, -0.2) is 0 Å². The van der Waals surface area contributed by atoms with Gasteiger partial charge in [0.2, 0.25) is 11.8 Å². The number of hydrogen-bond acceptors (Lipinski definition) is 7. The van der Waals surface area contributed by atoms with Crippen LogP contribution in [0.4, 0.5) is 13.2 Å². The molecule has 0 aliphatic heterocycles. The first-order chi connectivity index (χ1) is 15.1. The molecule has 174 valence electrons. The second kappa shape index (κ2) is 10.3. The van der Waals surface area contributed by atoms with E-state index in [0.29, 0.717) is 16.5 Å². The zero-order valence-corrected chi connectivity index (χ0v) is 17.5. The van der Waals surface area contributed by atoms with Crippen LogP contribution in [0.25, 0.3) is 0 Å². The summed E-state index contributed by atoms with van der Waals surface area (Å²) in [6.07, 6.45) is -5.86. The van der Waals surface area contributed by atoms with Gasteiger partial charge in [-0.15, -0.1) is 23.4 Å². The van der Waals surface area contributed by atoms with Crippen molar-refractivity contribution in [2.45, 2.75) is 50.2 Å². The number of aliphatic hydroxyl groups is 1. The smallest absolute Gasteiger partial charge is 0.478 e. The Hall–Kier alpha value is -2.63. The van der Waals surface area contributed by atoms with E-state index in [-0.39, 0.29) is 43.4 Å². The normalized spacial score (nSPS) is 19.2. The maximum Gasteiger partial charge on any atom is 0.522 e. The Morgan fingerprint density at radius 2 is 2.00 bits per heavy atom. The van der Waals surface area contributed by atoms with Crippen molar-refractivity contribution in [2.75, 3.05) is 6.61 Å². The third kappa shape index (κ3) is 6.94. The largest absolute Gasteiger partial charge is 0.522 e. The van der Waals surface area contributed by atoms with E-state index in [4.69, 9.17) is 20.8 Å². The van der Waals surface area contributed by atoms with Crippen LogP contribution in [0.2, 0.25) is 5.02 Å². The van der Waals surface area contributed by atoms with Gasteiger partial charge in [0, 0.05) is 23.1 Å². The van der Waals surface area contributed by atoms with E-state index >= 15 is 0 Å². The highest BCUT2D eigenvalue weighted by Gasteiger charge is 2.42. The second-order valence-electron chi connectivity index (χ2n) is 7.22. The molecule has 1 aromatic carbocycles. The third-order valence-electron chi connectivity index (χ3n) is 4.72. The number of hydrogen-bond donors (Lipinski definition) is 2. The molecule has 2 aromatic rings. The van der Waals surface area contributed by atoms with Crippen LogP contribution in [0.15, 0.2) is 41.0 Å². The summed E-state index contributed by atoms with van der Waals surface area (Å²) in [4.78, 5) is 12.3. The van der Waals surface area contributed by atoms with Crippen LogP contribution in [0.1, 0.15) is 37.0 Å². The predicted molar refractivity (Wildman–Crippen MR) is 106 cm³/mol. The lowest BCUT2D eigenvalue weighted by Crippen LogP contribution is -2.40. The van der Waals surface area contributed by atoms with Gasteiger partial charge in [-0.05, 0) is 43.5 Å². The van der Waals surface area contributed by atoms with Crippen LogP contribution in [0, 0.1) is 0 Å². The SMILES string of the molecule is C=C(CCc1nnc([C@H]2C[C@@H](OC(F)(F)F)C2)o1)NC(=O)[C@@H](CO)Oc1ccc(Cl)cc1. The molecule has 1 heterocycles. The Morgan fingerprint density at radius 1 is 1.31 bits per heavy atom. The highest BCUT2D eigenvalue weighted by molar-refractivity contribution is 6.30. The fourth-order valence-corrected chi connectivity index (χ4v) is 3.14. The zero-order valence-electron chi connectivity index (χ0n) is 16.8. The molecule has 0 saturated heterocycles. The standard InChI is InChI=1S/C20H21ClF3N3O5/c1-11(25-18(29)16(10-28)30-14-5-3-13(21)4-6-14)2-7-17-26-27-19(31-17)12-8-15(9-12)32-20(22,23)24/h3-6,12,15-16,28H,1-2,7-10H2,(H,25,29)/t12-,15+,16-/m1/s1. The van der Waals surface area contributed by atoms with Crippen LogP contribution in [-0.4, -0.2) is 46.4 Å². The van der Waals surface area contributed by atoms with Crippen molar-refractivity contribution in [3.8, 4) is 5.75 Å². The summed E-state index contributed by atoms with van der Waals surface area (Å²) in [6, 6.07) is 6.32. The van der Waals surface area contributed by atoms with E-state index in [1.807, 2.05) is 0 Å². The summed E-state index contributed by atoms with van der Waals surface area (Å²) in [7, 11) is 0. The summed E-state index contributed by atoms with van der Waals surface area (Å²) in [5.41, 5.74) is 0.343. The Labute approximate surface area is 186 Å². The molecule has 2 N–H and O–H groups in total. The molecule has 1 aromatic heterocycles. The van der Waals surface area contributed by atoms with Crippen molar-refractivity contribution in [1.82, 2.24) is 15.5 Å². The molecule has 0 bridgehead atoms. The Balaban J connectivity index is 1.42. The number of alkyl halides is 3. The molecule has 0 radical (unpaired) electrons. The van der Waals surface area contributed by atoms with Gasteiger partial charge in [-0.3, -0.25) is 9.53 Å². The Kier molecular flexibility index (Phi) is 7.75. The fourth-order valence-electron chi connectivity index (χ4n) is 3.01. The summed E-state index contributed by atoms with van der Waals surface area (Å²) in [6.45, 7) is 3.21. The number of ether oxygens (including phenoxy) is 2. The lowest BCUT2D eigenvalue weighted by atomic mass is 9.82. The molecule has 8 nitrogen and oxygen atoms in total. The number of allylic oxidation sites excluding steroid dienone is 1. The number of carbonyl (C=O) groups is 1. The first-order valence-corrected chi connectivity index (χ1v) is 10.1. The minimum Gasteiger partial charge on any atom is -0.478 e. The number of benzene rings is 1.